The van der Waals surface area contributed by atoms with Gasteiger partial charge in [0.1, 0.15) is 0 Å². The monoisotopic (exact) mass is 239 g/mol. The summed E-state index contributed by atoms with van der Waals surface area (Å²) in [5.41, 5.74) is 0.403. The van der Waals surface area contributed by atoms with E-state index in [1.54, 1.807) is 0 Å². The lowest BCUT2D eigenvalue weighted by Gasteiger charge is -1.97. The van der Waals surface area contributed by atoms with Gasteiger partial charge in [-0.1, -0.05) is 0 Å². The molecular weight excluding hydrogens is 232 g/mol. The van der Waals surface area contributed by atoms with Gasteiger partial charge < -0.3 is 0 Å². The molecule has 17 heavy (non-hydrogen) atoms. The van der Waals surface area contributed by atoms with Crippen LogP contribution in [0.1, 0.15) is 11.1 Å². The number of benzene rings is 2. The highest BCUT2D eigenvalue weighted by Crippen LogP contribution is 2.17. The Morgan fingerprint density at radius 3 is 1.12 bits per heavy atom. The molecule has 0 unspecified atom stereocenters. The Hall–Kier alpha value is -1.97. The fraction of sp³-hybridized carbons (Fsp3) is 0. The van der Waals surface area contributed by atoms with E-state index in [-0.39, 0.29) is 11.1 Å². The van der Waals surface area contributed by atoms with Gasteiger partial charge in [0.15, 0.2) is 23.3 Å². The lowest BCUT2D eigenvalue weighted by Crippen LogP contribution is -1.91. The molecule has 0 aromatic heterocycles. The first-order valence-corrected chi connectivity index (χ1v) is 4.80. The maximum absolute atomic E-state index is 12.9. The van der Waals surface area contributed by atoms with Crippen LogP contribution in [0.25, 0.3) is 0 Å². The average molecular weight is 239 g/mol. The Morgan fingerprint density at radius 1 is 0.529 bits per heavy atom. The third-order valence-electron chi connectivity index (χ3n) is 2.10. The summed E-state index contributed by atoms with van der Waals surface area (Å²) < 4.78 is 51.5. The van der Waals surface area contributed by atoms with Crippen molar-refractivity contribution < 1.29 is 17.6 Å². The van der Waals surface area contributed by atoms with Crippen molar-refractivity contribution in [2.75, 3.05) is 0 Å². The van der Waals surface area contributed by atoms with Crippen LogP contribution in [0.15, 0.2) is 36.4 Å². The molecule has 86 valence electrons. The molecule has 0 aliphatic carbocycles. The smallest absolute Gasteiger partial charge is 0.160 e. The van der Waals surface area contributed by atoms with Gasteiger partial charge in [-0.15, -0.1) is 0 Å². The van der Waals surface area contributed by atoms with E-state index >= 15 is 0 Å². The van der Waals surface area contributed by atoms with Gasteiger partial charge in [-0.3, -0.25) is 0 Å². The van der Waals surface area contributed by atoms with Crippen molar-refractivity contribution in [3.8, 4) is 0 Å². The fourth-order valence-corrected chi connectivity index (χ4v) is 1.51. The summed E-state index contributed by atoms with van der Waals surface area (Å²) in [5.74, 6) is -2.97. The summed E-state index contributed by atoms with van der Waals surface area (Å²) in [6.45, 7) is 0. The number of hydrogen-bond acceptors (Lipinski definition) is 0. The maximum Gasteiger partial charge on any atom is 0.160 e. The Morgan fingerprint density at radius 2 is 0.824 bits per heavy atom. The van der Waals surface area contributed by atoms with Gasteiger partial charge in [0.05, 0.1) is 11.1 Å². The van der Waals surface area contributed by atoms with E-state index in [0.717, 1.165) is 36.4 Å². The molecule has 0 nitrogen and oxygen atoms in total. The zero-order chi connectivity index (χ0) is 12.4. The summed E-state index contributed by atoms with van der Waals surface area (Å²) >= 11 is 0. The first-order valence-electron chi connectivity index (χ1n) is 4.80. The van der Waals surface area contributed by atoms with Gasteiger partial charge >= 0.3 is 0 Å². The van der Waals surface area contributed by atoms with Crippen LogP contribution >= 0.6 is 0 Å². The van der Waals surface area contributed by atoms with Gasteiger partial charge in [-0.05, 0) is 0 Å². The largest absolute Gasteiger partial charge is 0.197 e. The van der Waals surface area contributed by atoms with Crippen LogP contribution in [-0.2, 0) is 0 Å². The average Bonchev–Trinajstić information content (AvgIpc) is 2.13. The van der Waals surface area contributed by atoms with Crippen LogP contribution in [-0.4, -0.2) is 0 Å². The van der Waals surface area contributed by atoms with Crippen molar-refractivity contribution in [1.29, 1.82) is 0 Å². The Kier molecular flexibility index (Phi) is 3.04. The minimum absolute atomic E-state index is 0.201. The molecular formula is C13H7F4+. The van der Waals surface area contributed by atoms with Crippen LogP contribution in [0, 0.1) is 29.7 Å². The third-order valence-corrected chi connectivity index (χ3v) is 2.10. The number of halogens is 4. The highest BCUT2D eigenvalue weighted by Gasteiger charge is 2.11. The predicted molar refractivity (Wildman–Crippen MR) is 55.2 cm³/mol. The van der Waals surface area contributed by atoms with E-state index in [4.69, 9.17) is 0 Å². The molecule has 0 aliphatic rings. The van der Waals surface area contributed by atoms with E-state index < -0.39 is 23.3 Å². The van der Waals surface area contributed by atoms with Crippen molar-refractivity contribution in [2.24, 2.45) is 0 Å². The van der Waals surface area contributed by atoms with Crippen molar-refractivity contribution in [3.05, 3.63) is 77.2 Å². The first-order chi connectivity index (χ1) is 8.02. The molecule has 2 aromatic rings. The van der Waals surface area contributed by atoms with Crippen LogP contribution in [0.3, 0.4) is 0 Å². The van der Waals surface area contributed by atoms with Gasteiger partial charge in [0, 0.05) is 42.8 Å². The number of hydrogen-bond donors (Lipinski definition) is 0. The highest BCUT2D eigenvalue weighted by atomic mass is 19.1. The Balaban J connectivity index is 2.31. The van der Waals surface area contributed by atoms with E-state index in [1.165, 1.54) is 6.42 Å². The van der Waals surface area contributed by atoms with Crippen molar-refractivity contribution >= 4 is 0 Å². The SMILES string of the molecule is Fc1cc(F)cc([CH+]c2cc(F)cc(F)c2)c1. The third kappa shape index (κ3) is 3.00. The Labute approximate surface area is 95.5 Å². The normalized spacial score (nSPS) is 10.4. The molecule has 0 radical (unpaired) electrons. The van der Waals surface area contributed by atoms with Gasteiger partial charge in [-0.2, -0.15) is 17.6 Å². The molecule has 0 N–H and O–H groups in total. The van der Waals surface area contributed by atoms with Gasteiger partial charge in [0.25, 0.3) is 0 Å². The molecule has 2 rings (SSSR count). The zero-order valence-electron chi connectivity index (χ0n) is 8.55. The quantitative estimate of drug-likeness (QED) is 0.551. The fourth-order valence-electron chi connectivity index (χ4n) is 1.51. The molecule has 0 heterocycles. The van der Waals surface area contributed by atoms with Crippen molar-refractivity contribution in [1.82, 2.24) is 0 Å². The molecule has 0 aliphatic heterocycles. The Bertz CT molecular complexity index is 459. The van der Waals surface area contributed by atoms with Crippen molar-refractivity contribution in [2.45, 2.75) is 0 Å². The van der Waals surface area contributed by atoms with Crippen LogP contribution in [0.2, 0.25) is 0 Å². The van der Waals surface area contributed by atoms with Gasteiger partial charge in [-0.25, -0.2) is 0 Å². The molecule has 0 fully saturated rings. The molecule has 0 bridgehead atoms. The summed E-state index contributed by atoms with van der Waals surface area (Å²) in [7, 11) is 0. The molecule has 4 heteroatoms. The molecule has 0 saturated carbocycles. The lowest BCUT2D eigenvalue weighted by atomic mass is 10.0. The van der Waals surface area contributed by atoms with E-state index in [0.29, 0.717) is 0 Å². The molecule has 2 aromatic carbocycles. The lowest BCUT2D eigenvalue weighted by molar-refractivity contribution is 0.581. The molecule has 0 amide bonds. The van der Waals surface area contributed by atoms with E-state index in [1.807, 2.05) is 0 Å². The molecule has 0 saturated heterocycles. The topological polar surface area (TPSA) is 0 Å². The predicted octanol–water partition coefficient (Wildman–Crippen LogP) is 3.84. The second kappa shape index (κ2) is 4.49. The minimum Gasteiger partial charge on any atom is -0.197 e. The summed E-state index contributed by atoms with van der Waals surface area (Å²) in [6, 6.07) is 5.75. The summed E-state index contributed by atoms with van der Waals surface area (Å²) in [6.07, 6.45) is 1.29. The standard InChI is InChI=1S/C13H7F4/c14-10-2-8(3-11(15)6-10)1-9-4-12(16)7-13(17)5-9/h1-7H/q+1. The molecule has 0 spiro atoms. The maximum atomic E-state index is 12.9. The highest BCUT2D eigenvalue weighted by molar-refractivity contribution is 5.37. The zero-order valence-corrected chi connectivity index (χ0v) is 8.55. The van der Waals surface area contributed by atoms with E-state index in [9.17, 15) is 17.6 Å². The van der Waals surface area contributed by atoms with Gasteiger partial charge in [0.2, 0.25) is 0 Å². The second-order valence-corrected chi connectivity index (χ2v) is 3.55. The number of rotatable bonds is 2. The van der Waals surface area contributed by atoms with Crippen molar-refractivity contribution in [3.63, 3.8) is 0 Å². The van der Waals surface area contributed by atoms with Crippen LogP contribution in [0.5, 0.6) is 0 Å². The summed E-state index contributed by atoms with van der Waals surface area (Å²) in [5, 5.41) is 0. The van der Waals surface area contributed by atoms with E-state index in [2.05, 4.69) is 0 Å². The first kappa shape index (κ1) is 11.5. The van der Waals surface area contributed by atoms with Crippen LogP contribution < -0.4 is 0 Å². The molecule has 0 atom stereocenters. The second-order valence-electron chi connectivity index (χ2n) is 3.55. The minimum atomic E-state index is -0.742. The summed E-state index contributed by atoms with van der Waals surface area (Å²) in [4.78, 5) is 0. The van der Waals surface area contributed by atoms with Crippen LogP contribution in [0.4, 0.5) is 17.6 Å².